The van der Waals surface area contributed by atoms with Gasteiger partial charge in [0.1, 0.15) is 5.01 Å². The van der Waals surface area contributed by atoms with Gasteiger partial charge in [-0.2, -0.15) is 0 Å². The highest BCUT2D eigenvalue weighted by atomic mass is 35.5. The van der Waals surface area contributed by atoms with E-state index in [0.717, 1.165) is 10.6 Å². The second kappa shape index (κ2) is 5.15. The van der Waals surface area contributed by atoms with E-state index in [1.54, 1.807) is 29.7 Å². The highest BCUT2D eigenvalue weighted by Gasteiger charge is 2.17. The second-order valence-electron chi connectivity index (χ2n) is 3.26. The van der Waals surface area contributed by atoms with E-state index in [9.17, 15) is 0 Å². The van der Waals surface area contributed by atoms with Gasteiger partial charge in [-0.05, 0) is 30.8 Å². The fourth-order valence-electron chi connectivity index (χ4n) is 1.52. The van der Waals surface area contributed by atoms with Crippen LogP contribution in [0.4, 0.5) is 0 Å². The van der Waals surface area contributed by atoms with Crippen molar-refractivity contribution >= 4 is 34.5 Å². The molecule has 1 unspecified atom stereocenters. The minimum Gasteiger partial charge on any atom is -0.307 e. The van der Waals surface area contributed by atoms with Crippen LogP contribution in [0.5, 0.6) is 0 Å². The van der Waals surface area contributed by atoms with Gasteiger partial charge in [0.15, 0.2) is 0 Å². The summed E-state index contributed by atoms with van der Waals surface area (Å²) >= 11 is 13.7. The van der Waals surface area contributed by atoms with Crippen molar-refractivity contribution in [3.63, 3.8) is 0 Å². The number of thiazole rings is 1. The van der Waals surface area contributed by atoms with Crippen molar-refractivity contribution in [1.82, 2.24) is 10.3 Å². The molecule has 0 saturated carbocycles. The highest BCUT2D eigenvalue weighted by molar-refractivity contribution is 7.09. The first-order valence-corrected chi connectivity index (χ1v) is 6.37. The van der Waals surface area contributed by atoms with Crippen molar-refractivity contribution in [1.29, 1.82) is 0 Å². The van der Waals surface area contributed by atoms with Gasteiger partial charge in [-0.15, -0.1) is 11.3 Å². The van der Waals surface area contributed by atoms with Gasteiger partial charge in [-0.25, -0.2) is 4.98 Å². The summed E-state index contributed by atoms with van der Waals surface area (Å²) in [5.74, 6) is 0. The largest absolute Gasteiger partial charge is 0.307 e. The fraction of sp³-hybridized carbons (Fsp3) is 0.182. The second-order valence-corrected chi connectivity index (χ2v) is 5.03. The Morgan fingerprint density at radius 3 is 2.81 bits per heavy atom. The molecule has 0 amide bonds. The smallest absolute Gasteiger partial charge is 0.114 e. The lowest BCUT2D eigenvalue weighted by Gasteiger charge is -2.15. The molecule has 0 spiro atoms. The molecular weight excluding hydrogens is 263 g/mol. The Balaban J connectivity index is 2.44. The lowest BCUT2D eigenvalue weighted by molar-refractivity contribution is 0.687. The van der Waals surface area contributed by atoms with Crippen LogP contribution in [0, 0.1) is 0 Å². The van der Waals surface area contributed by atoms with Crippen LogP contribution in [0.2, 0.25) is 10.0 Å². The van der Waals surface area contributed by atoms with Crippen LogP contribution >= 0.6 is 34.5 Å². The first kappa shape index (κ1) is 11.9. The third kappa shape index (κ3) is 2.38. The molecule has 1 atom stereocenters. The van der Waals surface area contributed by atoms with Crippen molar-refractivity contribution in [3.8, 4) is 0 Å². The minimum atomic E-state index is -0.00815. The monoisotopic (exact) mass is 272 g/mol. The summed E-state index contributed by atoms with van der Waals surface area (Å²) in [5, 5.41) is 7.49. The standard InChI is InChI=1S/C11H10Cl2N2S/c1-14-10(11-15-4-5-16-11)8-6-7(12)2-3-9(8)13/h2-6,10,14H,1H3. The Labute approximate surface area is 108 Å². The van der Waals surface area contributed by atoms with E-state index in [-0.39, 0.29) is 6.04 Å². The molecule has 1 aromatic carbocycles. The molecule has 84 valence electrons. The fourth-order valence-corrected chi connectivity index (χ4v) is 2.70. The van der Waals surface area contributed by atoms with Crippen LogP contribution in [0.1, 0.15) is 16.6 Å². The maximum Gasteiger partial charge on any atom is 0.114 e. The number of halogens is 2. The molecule has 1 heterocycles. The van der Waals surface area contributed by atoms with Gasteiger partial charge in [0, 0.05) is 21.6 Å². The predicted octanol–water partition coefficient (Wildman–Crippen LogP) is 3.76. The average molecular weight is 273 g/mol. The summed E-state index contributed by atoms with van der Waals surface area (Å²) in [6.07, 6.45) is 1.78. The summed E-state index contributed by atoms with van der Waals surface area (Å²) < 4.78 is 0. The van der Waals surface area contributed by atoms with Crippen LogP contribution in [-0.4, -0.2) is 12.0 Å². The Morgan fingerprint density at radius 1 is 1.38 bits per heavy atom. The molecule has 2 rings (SSSR count). The number of hydrogen-bond donors (Lipinski definition) is 1. The molecule has 0 aliphatic carbocycles. The molecule has 0 aliphatic heterocycles. The Bertz CT molecular complexity index is 471. The third-order valence-corrected chi connectivity index (χ3v) is 3.68. The number of nitrogens with one attached hydrogen (secondary N) is 1. The molecular formula is C11H10Cl2N2S. The molecule has 1 aromatic heterocycles. The van der Waals surface area contributed by atoms with Gasteiger partial charge >= 0.3 is 0 Å². The molecule has 0 radical (unpaired) electrons. The van der Waals surface area contributed by atoms with Crippen LogP contribution < -0.4 is 5.32 Å². The molecule has 2 aromatic rings. The number of aromatic nitrogens is 1. The average Bonchev–Trinajstić information content (AvgIpc) is 2.78. The highest BCUT2D eigenvalue weighted by Crippen LogP contribution is 2.31. The van der Waals surface area contributed by atoms with E-state index in [2.05, 4.69) is 10.3 Å². The summed E-state index contributed by atoms with van der Waals surface area (Å²) in [5.41, 5.74) is 0.951. The summed E-state index contributed by atoms with van der Waals surface area (Å²) in [7, 11) is 1.88. The SMILES string of the molecule is CNC(c1nccs1)c1cc(Cl)ccc1Cl. The Hall–Kier alpha value is -0.610. The zero-order valence-corrected chi connectivity index (χ0v) is 10.9. The summed E-state index contributed by atoms with van der Waals surface area (Å²) in [6.45, 7) is 0. The van der Waals surface area contributed by atoms with Crippen molar-refractivity contribution in [2.75, 3.05) is 7.05 Å². The molecule has 0 saturated heterocycles. The summed E-state index contributed by atoms with van der Waals surface area (Å²) in [6, 6.07) is 5.44. The Morgan fingerprint density at radius 2 is 2.19 bits per heavy atom. The van der Waals surface area contributed by atoms with Crippen molar-refractivity contribution in [2.24, 2.45) is 0 Å². The first-order valence-electron chi connectivity index (χ1n) is 4.74. The van der Waals surface area contributed by atoms with E-state index in [1.807, 2.05) is 18.5 Å². The quantitative estimate of drug-likeness (QED) is 0.921. The van der Waals surface area contributed by atoms with Crippen LogP contribution in [0.15, 0.2) is 29.8 Å². The predicted molar refractivity (Wildman–Crippen MR) is 69.5 cm³/mol. The van der Waals surface area contributed by atoms with E-state index in [1.165, 1.54) is 0 Å². The van der Waals surface area contributed by atoms with Gasteiger partial charge in [0.25, 0.3) is 0 Å². The van der Waals surface area contributed by atoms with Crippen LogP contribution in [-0.2, 0) is 0 Å². The summed E-state index contributed by atoms with van der Waals surface area (Å²) in [4.78, 5) is 4.29. The van der Waals surface area contributed by atoms with Gasteiger partial charge in [-0.3, -0.25) is 0 Å². The molecule has 0 bridgehead atoms. The van der Waals surface area contributed by atoms with Gasteiger partial charge in [0.2, 0.25) is 0 Å². The zero-order chi connectivity index (χ0) is 11.5. The molecule has 5 heteroatoms. The molecule has 16 heavy (non-hydrogen) atoms. The number of rotatable bonds is 3. The third-order valence-electron chi connectivity index (χ3n) is 2.26. The van der Waals surface area contributed by atoms with Gasteiger partial charge in [-0.1, -0.05) is 23.2 Å². The first-order chi connectivity index (χ1) is 7.72. The zero-order valence-electron chi connectivity index (χ0n) is 8.58. The molecule has 2 nitrogen and oxygen atoms in total. The van der Waals surface area contributed by atoms with Crippen molar-refractivity contribution in [2.45, 2.75) is 6.04 Å². The van der Waals surface area contributed by atoms with E-state index < -0.39 is 0 Å². The van der Waals surface area contributed by atoms with Crippen molar-refractivity contribution < 1.29 is 0 Å². The number of hydrogen-bond acceptors (Lipinski definition) is 3. The molecule has 0 aliphatic rings. The lowest BCUT2D eigenvalue weighted by atomic mass is 10.1. The Kier molecular flexibility index (Phi) is 3.82. The molecule has 0 fully saturated rings. The van der Waals surface area contributed by atoms with Crippen molar-refractivity contribution in [3.05, 3.63) is 50.4 Å². The van der Waals surface area contributed by atoms with Crippen LogP contribution in [0.3, 0.4) is 0 Å². The minimum absolute atomic E-state index is 0.00815. The van der Waals surface area contributed by atoms with E-state index >= 15 is 0 Å². The van der Waals surface area contributed by atoms with Crippen LogP contribution in [0.25, 0.3) is 0 Å². The normalized spacial score (nSPS) is 12.7. The maximum absolute atomic E-state index is 6.16. The maximum atomic E-state index is 6.16. The van der Waals surface area contributed by atoms with E-state index in [0.29, 0.717) is 10.0 Å². The number of benzene rings is 1. The number of nitrogens with zero attached hydrogens (tertiary/aromatic N) is 1. The topological polar surface area (TPSA) is 24.9 Å². The molecule has 1 N–H and O–H groups in total. The van der Waals surface area contributed by atoms with E-state index in [4.69, 9.17) is 23.2 Å². The lowest BCUT2D eigenvalue weighted by Crippen LogP contribution is -2.17. The van der Waals surface area contributed by atoms with Gasteiger partial charge < -0.3 is 5.32 Å². The van der Waals surface area contributed by atoms with Gasteiger partial charge in [0.05, 0.1) is 6.04 Å².